The van der Waals surface area contributed by atoms with Crippen LogP contribution < -0.4 is 5.01 Å². The van der Waals surface area contributed by atoms with Gasteiger partial charge in [-0.15, -0.1) is 5.11 Å². The van der Waals surface area contributed by atoms with E-state index in [9.17, 15) is 15.3 Å². The van der Waals surface area contributed by atoms with Crippen LogP contribution in [0.15, 0.2) is 52.8 Å². The number of anilines is 1. The summed E-state index contributed by atoms with van der Waals surface area (Å²) in [6, 6.07) is 12.4. The van der Waals surface area contributed by atoms with Gasteiger partial charge in [-0.05, 0) is 61.4 Å². The fourth-order valence-electron chi connectivity index (χ4n) is 2.34. The van der Waals surface area contributed by atoms with E-state index in [4.69, 9.17) is 16.7 Å². The second kappa shape index (κ2) is 9.77. The molecule has 0 heterocycles. The van der Waals surface area contributed by atoms with Gasteiger partial charge in [0.1, 0.15) is 18.3 Å². The van der Waals surface area contributed by atoms with Crippen LogP contribution in [-0.2, 0) is 0 Å². The Morgan fingerprint density at radius 3 is 2.22 bits per heavy atom. The van der Waals surface area contributed by atoms with Gasteiger partial charge in [0.05, 0.1) is 24.5 Å². The topological polar surface area (TPSA) is 109 Å². The molecule has 2 aromatic carbocycles. The molecule has 3 atom stereocenters. The number of aliphatic hydroxyl groups excluding tert-OH is 4. The molecule has 0 bridgehead atoms. The maximum Gasteiger partial charge on any atom is 0.110 e. The lowest BCUT2D eigenvalue weighted by atomic mass is 10.1. The first kappa shape index (κ1) is 21.3. The molecule has 146 valence electrons. The number of halogens is 1. The molecule has 0 saturated carbocycles. The Hall–Kier alpha value is -2.03. The molecule has 0 saturated heterocycles. The smallest absolute Gasteiger partial charge is 0.110 e. The maximum atomic E-state index is 10.2. The van der Waals surface area contributed by atoms with Crippen LogP contribution in [0.1, 0.15) is 11.1 Å². The van der Waals surface area contributed by atoms with Crippen molar-refractivity contribution in [1.29, 1.82) is 0 Å². The van der Waals surface area contributed by atoms with Gasteiger partial charge < -0.3 is 20.4 Å². The Morgan fingerprint density at radius 2 is 1.63 bits per heavy atom. The number of aryl methyl sites for hydroxylation is 2. The molecule has 4 N–H and O–H groups in total. The monoisotopic (exact) mass is 393 g/mol. The summed E-state index contributed by atoms with van der Waals surface area (Å²) in [5, 5.41) is 49.0. The molecule has 8 heteroatoms. The molecule has 0 spiro atoms. The van der Waals surface area contributed by atoms with E-state index < -0.39 is 24.9 Å². The lowest BCUT2D eigenvalue weighted by Crippen LogP contribution is -2.44. The van der Waals surface area contributed by atoms with Crippen LogP contribution >= 0.6 is 11.6 Å². The zero-order chi connectivity index (χ0) is 20.0. The molecular weight excluding hydrogens is 370 g/mol. The quantitative estimate of drug-likeness (QED) is 0.407. The standard InChI is InChI=1S/C19H24ClN3O4/c1-12-3-8-16(9-13(12)2)23(10-17(25)19(27)18(26)11-24)22-21-15-6-4-14(20)5-7-15/h3-9,17-19,24-27H,10-11H2,1-2H3/t17-,18-,19+/m0/s1. The van der Waals surface area contributed by atoms with Gasteiger partial charge in [0, 0.05) is 5.02 Å². The minimum atomic E-state index is -1.52. The average Bonchev–Trinajstić information content (AvgIpc) is 2.67. The van der Waals surface area contributed by atoms with Gasteiger partial charge in [-0.2, -0.15) is 0 Å². The number of hydrogen-bond acceptors (Lipinski definition) is 6. The van der Waals surface area contributed by atoms with Crippen LogP contribution in [0.3, 0.4) is 0 Å². The van der Waals surface area contributed by atoms with Gasteiger partial charge in [-0.1, -0.05) is 22.9 Å². The highest BCUT2D eigenvalue weighted by Crippen LogP contribution is 2.23. The van der Waals surface area contributed by atoms with Crippen LogP contribution in [0.25, 0.3) is 0 Å². The average molecular weight is 394 g/mol. The molecule has 0 aromatic heterocycles. The Bertz CT molecular complexity index is 770. The first-order chi connectivity index (χ1) is 12.8. The zero-order valence-electron chi connectivity index (χ0n) is 15.2. The fraction of sp³-hybridized carbons (Fsp3) is 0.368. The first-order valence-electron chi connectivity index (χ1n) is 8.49. The van der Waals surface area contributed by atoms with Crippen molar-refractivity contribution in [3.63, 3.8) is 0 Å². The molecule has 7 nitrogen and oxygen atoms in total. The largest absolute Gasteiger partial charge is 0.394 e. The minimum Gasteiger partial charge on any atom is -0.394 e. The molecule has 2 rings (SSSR count). The number of nitrogens with zero attached hydrogens (tertiary/aromatic N) is 3. The van der Waals surface area contributed by atoms with Crippen LogP contribution in [0.2, 0.25) is 5.02 Å². The zero-order valence-corrected chi connectivity index (χ0v) is 16.0. The summed E-state index contributed by atoms with van der Waals surface area (Å²) in [5.41, 5.74) is 3.37. The summed E-state index contributed by atoms with van der Waals surface area (Å²) < 4.78 is 0. The summed E-state index contributed by atoms with van der Waals surface area (Å²) in [7, 11) is 0. The third-order valence-electron chi connectivity index (χ3n) is 4.22. The SMILES string of the molecule is Cc1ccc(N(C[C@H](O)[C@@H](O)[C@@H](O)CO)N=Nc2ccc(Cl)cc2)cc1C. The molecule has 27 heavy (non-hydrogen) atoms. The predicted octanol–water partition coefficient (Wildman–Crippen LogP) is 2.54. The highest BCUT2D eigenvalue weighted by Gasteiger charge is 2.26. The van der Waals surface area contributed by atoms with Crippen molar-refractivity contribution in [2.75, 3.05) is 18.2 Å². The van der Waals surface area contributed by atoms with Crippen molar-refractivity contribution < 1.29 is 20.4 Å². The highest BCUT2D eigenvalue weighted by molar-refractivity contribution is 6.30. The molecule has 0 aliphatic heterocycles. The third-order valence-corrected chi connectivity index (χ3v) is 4.47. The van der Waals surface area contributed by atoms with E-state index in [1.165, 1.54) is 5.01 Å². The lowest BCUT2D eigenvalue weighted by Gasteiger charge is -2.26. The number of benzene rings is 2. The van der Waals surface area contributed by atoms with Crippen LogP contribution in [0.4, 0.5) is 11.4 Å². The Labute approximate surface area is 163 Å². The van der Waals surface area contributed by atoms with E-state index >= 15 is 0 Å². The van der Waals surface area contributed by atoms with Gasteiger partial charge in [0.25, 0.3) is 0 Å². The lowest BCUT2D eigenvalue weighted by molar-refractivity contribution is -0.0732. The normalized spacial score (nSPS) is 14.9. The van der Waals surface area contributed by atoms with Crippen molar-refractivity contribution in [3.05, 3.63) is 58.6 Å². The number of aliphatic hydroxyl groups is 4. The van der Waals surface area contributed by atoms with Gasteiger partial charge in [-0.3, -0.25) is 0 Å². The number of rotatable bonds is 8. The Morgan fingerprint density at radius 1 is 0.963 bits per heavy atom. The second-order valence-corrected chi connectivity index (χ2v) is 6.76. The molecule has 2 aromatic rings. The van der Waals surface area contributed by atoms with E-state index in [0.29, 0.717) is 16.4 Å². The van der Waals surface area contributed by atoms with Crippen molar-refractivity contribution in [2.24, 2.45) is 10.3 Å². The van der Waals surface area contributed by atoms with Crippen LogP contribution in [0, 0.1) is 13.8 Å². The molecule has 0 radical (unpaired) electrons. The van der Waals surface area contributed by atoms with Crippen molar-refractivity contribution in [1.82, 2.24) is 0 Å². The van der Waals surface area contributed by atoms with Gasteiger partial charge in [0.15, 0.2) is 0 Å². The third kappa shape index (κ3) is 5.98. The molecule has 0 aliphatic rings. The van der Waals surface area contributed by atoms with Gasteiger partial charge in [-0.25, -0.2) is 5.01 Å². The summed E-state index contributed by atoms with van der Waals surface area (Å²) in [6.07, 6.45) is -4.32. The maximum absolute atomic E-state index is 10.2. The van der Waals surface area contributed by atoms with Crippen LogP contribution in [-0.4, -0.2) is 51.9 Å². The molecule has 0 aliphatic carbocycles. The van der Waals surface area contributed by atoms with Gasteiger partial charge >= 0.3 is 0 Å². The predicted molar refractivity (Wildman–Crippen MR) is 104 cm³/mol. The molecule has 0 fully saturated rings. The minimum absolute atomic E-state index is 0.127. The van der Waals surface area contributed by atoms with E-state index in [1.807, 2.05) is 32.0 Å². The first-order valence-corrected chi connectivity index (χ1v) is 8.86. The summed E-state index contributed by atoms with van der Waals surface area (Å²) in [5.74, 6) is 0. The van der Waals surface area contributed by atoms with E-state index in [2.05, 4.69) is 10.3 Å². The number of hydrogen-bond donors (Lipinski definition) is 4. The molecule has 0 amide bonds. The van der Waals surface area contributed by atoms with E-state index in [0.717, 1.165) is 11.1 Å². The Kier molecular flexibility index (Phi) is 7.70. The van der Waals surface area contributed by atoms with E-state index in [1.54, 1.807) is 24.3 Å². The molecule has 0 unspecified atom stereocenters. The van der Waals surface area contributed by atoms with Crippen molar-refractivity contribution in [3.8, 4) is 0 Å². The van der Waals surface area contributed by atoms with Crippen LogP contribution in [0.5, 0.6) is 0 Å². The Balaban J connectivity index is 2.27. The van der Waals surface area contributed by atoms with Crippen molar-refractivity contribution >= 4 is 23.0 Å². The van der Waals surface area contributed by atoms with E-state index in [-0.39, 0.29) is 6.54 Å². The second-order valence-electron chi connectivity index (χ2n) is 6.32. The van der Waals surface area contributed by atoms with Gasteiger partial charge in [0.2, 0.25) is 0 Å². The summed E-state index contributed by atoms with van der Waals surface area (Å²) >= 11 is 5.86. The summed E-state index contributed by atoms with van der Waals surface area (Å²) in [6.45, 7) is 3.15. The highest BCUT2D eigenvalue weighted by atomic mass is 35.5. The van der Waals surface area contributed by atoms with Crippen molar-refractivity contribution in [2.45, 2.75) is 32.2 Å². The summed E-state index contributed by atoms with van der Waals surface area (Å²) in [4.78, 5) is 0. The fourth-order valence-corrected chi connectivity index (χ4v) is 2.47. The molecular formula is C19H24ClN3O4.